The lowest BCUT2D eigenvalue weighted by atomic mass is 10.1. The Morgan fingerprint density at radius 3 is 1.97 bits per heavy atom. The summed E-state index contributed by atoms with van der Waals surface area (Å²) in [6.07, 6.45) is -10.6. The Hall–Kier alpha value is -3.39. The van der Waals surface area contributed by atoms with Crippen LogP contribution in [0.25, 0.3) is 11.0 Å². The number of alkyl halides is 6. The van der Waals surface area contributed by atoms with Gasteiger partial charge in [-0.05, 0) is 19.9 Å². The molecule has 15 heteroatoms. The number of fused-ring (bicyclic) bond motifs is 1. The third-order valence-corrected chi connectivity index (χ3v) is 4.42. The second-order valence-corrected chi connectivity index (χ2v) is 6.80. The van der Waals surface area contributed by atoms with Crippen LogP contribution < -0.4 is 5.32 Å². The van der Waals surface area contributed by atoms with Crippen LogP contribution in [0.1, 0.15) is 22.5 Å². The molecule has 1 N–H and O–H groups in total. The fourth-order valence-corrected chi connectivity index (χ4v) is 3.12. The second-order valence-electron chi connectivity index (χ2n) is 6.80. The molecule has 0 radical (unpaired) electrons. The van der Waals surface area contributed by atoms with Crippen molar-refractivity contribution in [3.8, 4) is 0 Å². The molecular weight excluding hydrogens is 478 g/mol. The minimum absolute atomic E-state index is 0.111. The second kappa shape index (κ2) is 7.88. The van der Waals surface area contributed by atoms with E-state index < -0.39 is 75.9 Å². The van der Waals surface area contributed by atoms with Crippen molar-refractivity contribution < 1.29 is 48.7 Å². The average molecular weight is 488 g/mol. The first-order valence-corrected chi connectivity index (χ1v) is 8.69. The van der Waals surface area contributed by atoms with E-state index in [9.17, 15) is 48.7 Å². The molecule has 0 unspecified atom stereocenters. The summed E-state index contributed by atoms with van der Waals surface area (Å²) in [7, 11) is 0. The van der Waals surface area contributed by atoms with Crippen molar-refractivity contribution in [2.45, 2.75) is 32.7 Å². The predicted octanol–water partition coefficient (Wildman–Crippen LogP) is 5.28. The van der Waals surface area contributed by atoms with Crippen LogP contribution in [-0.4, -0.2) is 20.7 Å². The monoisotopic (exact) mass is 488 g/mol. The summed E-state index contributed by atoms with van der Waals surface area (Å²) >= 11 is 0. The Morgan fingerprint density at radius 1 is 0.939 bits per heavy atom. The summed E-state index contributed by atoms with van der Waals surface area (Å²) in [6, 6.07) is 0.736. The Bertz CT molecular complexity index is 1250. The van der Waals surface area contributed by atoms with Gasteiger partial charge in [0.2, 0.25) is 5.91 Å². The van der Waals surface area contributed by atoms with Gasteiger partial charge >= 0.3 is 12.4 Å². The SMILES string of the molecule is Cc1cc(C(F)(F)F)c2c(C)nn(CC(=O)Nc3c(F)c(F)c(C(F)(F)F)c(F)c3F)c2n1. The van der Waals surface area contributed by atoms with Gasteiger partial charge in [0, 0.05) is 5.69 Å². The highest BCUT2D eigenvalue weighted by molar-refractivity contribution is 5.92. The van der Waals surface area contributed by atoms with Crippen molar-refractivity contribution in [1.29, 1.82) is 0 Å². The molecule has 1 amide bonds. The number of aromatic nitrogens is 3. The lowest BCUT2D eigenvalue weighted by molar-refractivity contribution is -0.143. The van der Waals surface area contributed by atoms with Gasteiger partial charge in [-0.1, -0.05) is 0 Å². The van der Waals surface area contributed by atoms with Crippen molar-refractivity contribution in [1.82, 2.24) is 14.8 Å². The van der Waals surface area contributed by atoms with Crippen LogP contribution in [0.3, 0.4) is 0 Å². The number of amides is 1. The molecule has 0 aliphatic carbocycles. The lowest BCUT2D eigenvalue weighted by Gasteiger charge is -2.14. The van der Waals surface area contributed by atoms with Crippen LogP contribution in [0.4, 0.5) is 49.6 Å². The summed E-state index contributed by atoms with van der Waals surface area (Å²) in [4.78, 5) is 16.0. The Morgan fingerprint density at radius 2 is 1.48 bits per heavy atom. The van der Waals surface area contributed by atoms with Crippen LogP contribution in [0.15, 0.2) is 6.07 Å². The minimum Gasteiger partial charge on any atom is -0.319 e. The number of nitrogens with zero attached hydrogens (tertiary/aromatic N) is 3. The highest BCUT2D eigenvalue weighted by atomic mass is 19.4. The topological polar surface area (TPSA) is 59.8 Å². The Balaban J connectivity index is 2.02. The molecule has 1 aromatic carbocycles. The Labute approximate surface area is 177 Å². The first-order chi connectivity index (χ1) is 15.0. The van der Waals surface area contributed by atoms with E-state index in [1.54, 1.807) is 0 Å². The fourth-order valence-electron chi connectivity index (χ4n) is 3.12. The third-order valence-electron chi connectivity index (χ3n) is 4.42. The molecule has 0 aliphatic rings. The van der Waals surface area contributed by atoms with Gasteiger partial charge in [0.15, 0.2) is 28.9 Å². The standard InChI is InChI=1S/C18H10F10N4O/c1-5-3-7(17(23,24)25)9-6(2)31-32(16(9)29-5)4-8(33)30-15-13(21)11(19)10(18(26,27)28)12(20)14(15)22/h3H,4H2,1-2H3,(H,30,33). The summed E-state index contributed by atoms with van der Waals surface area (Å²) in [5.41, 5.74) is -6.54. The first kappa shape index (κ1) is 24.3. The largest absolute Gasteiger partial charge is 0.422 e. The van der Waals surface area contributed by atoms with Crippen molar-refractivity contribution in [2.75, 3.05) is 5.32 Å². The van der Waals surface area contributed by atoms with Gasteiger partial charge in [0.1, 0.15) is 17.8 Å². The quantitative estimate of drug-likeness (QED) is 0.403. The molecule has 0 saturated heterocycles. The van der Waals surface area contributed by atoms with E-state index >= 15 is 0 Å². The maximum absolute atomic E-state index is 14.0. The summed E-state index contributed by atoms with van der Waals surface area (Å²) in [6.45, 7) is 1.35. The number of hydrogen-bond donors (Lipinski definition) is 1. The molecule has 0 aliphatic heterocycles. The number of carbonyl (C=O) groups is 1. The number of pyridine rings is 1. The third kappa shape index (κ3) is 4.30. The van der Waals surface area contributed by atoms with Crippen molar-refractivity contribution >= 4 is 22.6 Å². The zero-order valence-electron chi connectivity index (χ0n) is 16.3. The van der Waals surface area contributed by atoms with E-state index in [0.717, 1.165) is 6.07 Å². The number of carbonyl (C=O) groups excluding carboxylic acids is 1. The van der Waals surface area contributed by atoms with Crippen LogP contribution in [0.2, 0.25) is 0 Å². The number of anilines is 1. The molecule has 2 heterocycles. The zero-order valence-corrected chi connectivity index (χ0v) is 16.3. The number of rotatable bonds is 3. The van der Waals surface area contributed by atoms with Gasteiger partial charge < -0.3 is 5.32 Å². The molecular formula is C18H10F10N4O. The first-order valence-electron chi connectivity index (χ1n) is 8.69. The number of benzene rings is 1. The highest BCUT2D eigenvalue weighted by Gasteiger charge is 2.42. The zero-order chi connectivity index (χ0) is 25.0. The van der Waals surface area contributed by atoms with Crippen LogP contribution in [0, 0.1) is 37.1 Å². The van der Waals surface area contributed by atoms with Gasteiger partial charge in [-0.15, -0.1) is 0 Å². The molecule has 5 nitrogen and oxygen atoms in total. The number of halogens is 10. The van der Waals surface area contributed by atoms with E-state index in [2.05, 4.69) is 10.1 Å². The molecule has 0 bridgehead atoms. The van der Waals surface area contributed by atoms with E-state index in [4.69, 9.17) is 0 Å². The Kier molecular flexibility index (Phi) is 5.79. The predicted molar refractivity (Wildman–Crippen MR) is 91.9 cm³/mol. The molecule has 3 aromatic rings. The molecule has 0 fully saturated rings. The van der Waals surface area contributed by atoms with Crippen molar-refractivity contribution in [2.24, 2.45) is 0 Å². The average Bonchev–Trinajstić information content (AvgIpc) is 2.96. The fraction of sp³-hybridized carbons (Fsp3) is 0.278. The number of nitrogens with one attached hydrogen (secondary N) is 1. The summed E-state index contributed by atoms with van der Waals surface area (Å²) in [5, 5.41) is 4.63. The summed E-state index contributed by atoms with van der Waals surface area (Å²) in [5.74, 6) is -12.1. The molecule has 3 rings (SSSR count). The van der Waals surface area contributed by atoms with Crippen LogP contribution in [-0.2, 0) is 23.7 Å². The van der Waals surface area contributed by atoms with Crippen molar-refractivity contribution in [3.63, 3.8) is 0 Å². The van der Waals surface area contributed by atoms with E-state index in [1.165, 1.54) is 19.2 Å². The van der Waals surface area contributed by atoms with Crippen LogP contribution >= 0.6 is 0 Å². The highest BCUT2D eigenvalue weighted by Crippen LogP contribution is 2.39. The molecule has 0 spiro atoms. The van der Waals surface area contributed by atoms with Gasteiger partial charge in [0.25, 0.3) is 0 Å². The van der Waals surface area contributed by atoms with Crippen LogP contribution in [0.5, 0.6) is 0 Å². The molecule has 0 saturated carbocycles. The molecule has 0 atom stereocenters. The van der Waals surface area contributed by atoms with E-state index in [0.29, 0.717) is 4.68 Å². The molecule has 178 valence electrons. The lowest BCUT2D eigenvalue weighted by Crippen LogP contribution is -2.23. The van der Waals surface area contributed by atoms with Gasteiger partial charge in [-0.2, -0.15) is 31.4 Å². The van der Waals surface area contributed by atoms with Gasteiger partial charge in [0.05, 0.1) is 16.6 Å². The number of aryl methyl sites for hydroxylation is 2. The molecule has 33 heavy (non-hydrogen) atoms. The van der Waals surface area contributed by atoms with Gasteiger partial charge in [-0.25, -0.2) is 27.2 Å². The minimum atomic E-state index is -5.77. The van der Waals surface area contributed by atoms with E-state index in [1.807, 2.05) is 0 Å². The smallest absolute Gasteiger partial charge is 0.319 e. The molecule has 2 aromatic heterocycles. The van der Waals surface area contributed by atoms with E-state index in [-0.39, 0.29) is 11.4 Å². The van der Waals surface area contributed by atoms with Gasteiger partial charge in [-0.3, -0.25) is 4.79 Å². The maximum atomic E-state index is 14.0. The van der Waals surface area contributed by atoms with Crippen molar-refractivity contribution in [3.05, 3.63) is 51.9 Å². The number of hydrogen-bond acceptors (Lipinski definition) is 3. The normalized spacial score (nSPS) is 12.5. The maximum Gasteiger partial charge on any atom is 0.422 e. The summed E-state index contributed by atoms with van der Waals surface area (Å²) < 4.78 is 134.